The van der Waals surface area contributed by atoms with Crippen LogP contribution in [-0.2, 0) is 11.3 Å². The molecule has 6 nitrogen and oxygen atoms in total. The second kappa shape index (κ2) is 6.39. The highest BCUT2D eigenvalue weighted by Gasteiger charge is 2.55. The number of aromatic nitrogens is 1. The first-order valence-electron chi connectivity index (χ1n) is 7.80. The van der Waals surface area contributed by atoms with E-state index in [1.807, 2.05) is 18.4 Å². The van der Waals surface area contributed by atoms with E-state index in [0.29, 0.717) is 26.1 Å². The van der Waals surface area contributed by atoms with Gasteiger partial charge in [0.15, 0.2) is 0 Å². The smallest absolute Gasteiger partial charge is 0.317 e. The minimum Gasteiger partial charge on any atom is -0.481 e. The van der Waals surface area contributed by atoms with Crippen LogP contribution in [0.1, 0.15) is 24.8 Å². The summed E-state index contributed by atoms with van der Waals surface area (Å²) in [4.78, 5) is 29.9. The molecule has 0 unspecified atom stereocenters. The molecule has 1 aromatic rings. The zero-order valence-electron chi connectivity index (χ0n) is 13.1. The summed E-state index contributed by atoms with van der Waals surface area (Å²) >= 11 is 1.56. The van der Waals surface area contributed by atoms with Gasteiger partial charge in [-0.2, -0.15) is 0 Å². The molecule has 0 bridgehead atoms. The maximum atomic E-state index is 12.4. The number of urea groups is 1. The van der Waals surface area contributed by atoms with Gasteiger partial charge in [-0.05, 0) is 42.7 Å². The molecule has 1 saturated heterocycles. The monoisotopic (exact) mass is 335 g/mol. The van der Waals surface area contributed by atoms with Gasteiger partial charge in [0.1, 0.15) is 0 Å². The summed E-state index contributed by atoms with van der Waals surface area (Å²) in [5.74, 6) is -0.663. The molecular formula is C16H21N3O3S. The minimum atomic E-state index is -0.756. The molecule has 2 aliphatic rings. The van der Waals surface area contributed by atoms with Gasteiger partial charge in [-0.1, -0.05) is 6.42 Å². The number of carboxylic acids is 1. The van der Waals surface area contributed by atoms with Crippen LogP contribution in [0.5, 0.6) is 0 Å². The molecule has 2 atom stereocenters. The van der Waals surface area contributed by atoms with Crippen molar-refractivity contribution >= 4 is 23.8 Å². The van der Waals surface area contributed by atoms with E-state index in [-0.39, 0.29) is 11.9 Å². The first kappa shape index (κ1) is 16.1. The van der Waals surface area contributed by atoms with Gasteiger partial charge in [0.2, 0.25) is 0 Å². The van der Waals surface area contributed by atoms with Crippen LogP contribution in [0.2, 0.25) is 0 Å². The van der Waals surface area contributed by atoms with Crippen LogP contribution in [0.4, 0.5) is 4.79 Å². The molecule has 2 heterocycles. The second-order valence-electron chi connectivity index (χ2n) is 6.30. The van der Waals surface area contributed by atoms with Gasteiger partial charge < -0.3 is 15.3 Å². The summed E-state index contributed by atoms with van der Waals surface area (Å²) in [6.45, 7) is 1.30. The maximum Gasteiger partial charge on any atom is 0.317 e. The predicted octanol–water partition coefficient (Wildman–Crippen LogP) is 2.20. The van der Waals surface area contributed by atoms with E-state index in [2.05, 4.69) is 10.3 Å². The Kier molecular flexibility index (Phi) is 4.48. The molecule has 3 rings (SSSR count). The Morgan fingerprint density at radius 1 is 1.57 bits per heavy atom. The van der Waals surface area contributed by atoms with Crippen LogP contribution in [0.25, 0.3) is 0 Å². The molecule has 1 aliphatic heterocycles. The molecular weight excluding hydrogens is 314 g/mol. The van der Waals surface area contributed by atoms with Crippen molar-refractivity contribution < 1.29 is 14.7 Å². The largest absolute Gasteiger partial charge is 0.481 e. The minimum absolute atomic E-state index is 0.0924. The average molecular weight is 335 g/mol. The van der Waals surface area contributed by atoms with E-state index < -0.39 is 11.4 Å². The summed E-state index contributed by atoms with van der Waals surface area (Å²) in [7, 11) is 0. The molecule has 0 spiro atoms. The van der Waals surface area contributed by atoms with Gasteiger partial charge in [-0.3, -0.25) is 4.79 Å². The molecule has 1 saturated carbocycles. The number of carbonyl (C=O) groups is 2. The van der Waals surface area contributed by atoms with E-state index in [1.54, 1.807) is 22.9 Å². The lowest BCUT2D eigenvalue weighted by Crippen LogP contribution is -2.41. The Morgan fingerprint density at radius 2 is 2.39 bits per heavy atom. The van der Waals surface area contributed by atoms with Gasteiger partial charge in [-0.25, -0.2) is 9.78 Å². The van der Waals surface area contributed by atoms with Crippen LogP contribution in [0, 0.1) is 11.3 Å². The van der Waals surface area contributed by atoms with E-state index >= 15 is 0 Å². The normalized spacial score (nSPS) is 26.1. The van der Waals surface area contributed by atoms with Crippen molar-refractivity contribution in [3.63, 3.8) is 0 Å². The Hall–Kier alpha value is -1.76. The van der Waals surface area contributed by atoms with E-state index in [9.17, 15) is 14.7 Å². The summed E-state index contributed by atoms with van der Waals surface area (Å²) < 4.78 is 0. The van der Waals surface area contributed by atoms with Gasteiger partial charge in [0.05, 0.1) is 10.4 Å². The number of fused-ring (bicyclic) bond motifs is 1. The number of aliphatic carboxylic acids is 1. The van der Waals surface area contributed by atoms with E-state index in [0.717, 1.165) is 23.4 Å². The molecule has 23 heavy (non-hydrogen) atoms. The third-order valence-electron chi connectivity index (χ3n) is 5.04. The molecule has 2 amide bonds. The summed E-state index contributed by atoms with van der Waals surface area (Å²) in [6, 6.07) is 3.64. The van der Waals surface area contributed by atoms with Crippen molar-refractivity contribution in [1.29, 1.82) is 0 Å². The Balaban J connectivity index is 1.60. The van der Waals surface area contributed by atoms with Crippen LogP contribution in [0.15, 0.2) is 23.4 Å². The number of rotatable bonds is 4. The lowest BCUT2D eigenvalue weighted by atomic mass is 9.81. The lowest BCUT2D eigenvalue weighted by Gasteiger charge is -2.23. The third-order valence-corrected chi connectivity index (χ3v) is 5.68. The van der Waals surface area contributed by atoms with Gasteiger partial charge >= 0.3 is 12.0 Å². The molecule has 1 aliphatic carbocycles. The summed E-state index contributed by atoms with van der Waals surface area (Å²) in [5.41, 5.74) is 0.269. The quantitative estimate of drug-likeness (QED) is 0.824. The van der Waals surface area contributed by atoms with Gasteiger partial charge in [0.25, 0.3) is 0 Å². The predicted molar refractivity (Wildman–Crippen MR) is 87.2 cm³/mol. The van der Waals surface area contributed by atoms with Gasteiger partial charge in [-0.15, -0.1) is 11.8 Å². The molecule has 1 aromatic heterocycles. The number of amides is 2. The zero-order valence-corrected chi connectivity index (χ0v) is 13.9. The maximum absolute atomic E-state index is 12.4. The van der Waals surface area contributed by atoms with Crippen LogP contribution in [-0.4, -0.2) is 46.3 Å². The number of pyridine rings is 1. The summed E-state index contributed by atoms with van der Waals surface area (Å²) in [6.07, 6.45) is 6.21. The van der Waals surface area contributed by atoms with E-state index in [4.69, 9.17) is 0 Å². The number of nitrogens with zero attached hydrogens (tertiary/aromatic N) is 2. The Morgan fingerprint density at radius 3 is 3.09 bits per heavy atom. The topological polar surface area (TPSA) is 82.5 Å². The number of carboxylic acid groups (broad SMARTS) is 1. The van der Waals surface area contributed by atoms with Crippen molar-refractivity contribution in [2.24, 2.45) is 11.3 Å². The van der Waals surface area contributed by atoms with Crippen molar-refractivity contribution in [3.8, 4) is 0 Å². The Labute approximate surface area is 139 Å². The highest BCUT2D eigenvalue weighted by Crippen LogP contribution is 2.48. The first-order valence-corrected chi connectivity index (χ1v) is 9.03. The summed E-state index contributed by atoms with van der Waals surface area (Å²) in [5, 5.41) is 13.4. The highest BCUT2D eigenvalue weighted by molar-refractivity contribution is 7.98. The SMILES string of the molecule is CSc1cc(CNC(=O)N2C[C@@H]3CCC[C@@]3(C(=O)O)C2)ccn1. The number of hydrogen-bond donors (Lipinski definition) is 2. The van der Waals surface area contributed by atoms with Crippen molar-refractivity contribution in [2.45, 2.75) is 30.8 Å². The van der Waals surface area contributed by atoms with Crippen LogP contribution < -0.4 is 5.32 Å². The number of hydrogen-bond acceptors (Lipinski definition) is 4. The lowest BCUT2D eigenvalue weighted by molar-refractivity contribution is -0.149. The number of likely N-dealkylation sites (tertiary alicyclic amines) is 1. The zero-order chi connectivity index (χ0) is 16.4. The fraction of sp³-hybridized carbons (Fsp3) is 0.562. The van der Waals surface area contributed by atoms with Gasteiger partial charge in [0, 0.05) is 25.8 Å². The fourth-order valence-corrected chi connectivity index (χ4v) is 4.19. The molecule has 7 heteroatoms. The van der Waals surface area contributed by atoms with Crippen molar-refractivity contribution in [1.82, 2.24) is 15.2 Å². The standard InChI is InChI=1S/C16H21N3O3S/c1-23-13-7-11(4-6-17-13)8-18-15(22)19-9-12-3-2-5-16(12,10-19)14(20)21/h4,6-7,12H,2-3,5,8-10H2,1H3,(H,18,22)(H,20,21)/t12-,16+/m0/s1. The van der Waals surface area contributed by atoms with Crippen molar-refractivity contribution in [2.75, 3.05) is 19.3 Å². The van der Waals surface area contributed by atoms with Crippen molar-refractivity contribution in [3.05, 3.63) is 23.9 Å². The molecule has 124 valence electrons. The molecule has 2 N–H and O–H groups in total. The highest BCUT2D eigenvalue weighted by atomic mass is 32.2. The van der Waals surface area contributed by atoms with Crippen LogP contribution >= 0.6 is 11.8 Å². The molecule has 0 aromatic carbocycles. The third kappa shape index (κ3) is 3.02. The Bertz CT molecular complexity index is 624. The fourth-order valence-electron chi connectivity index (χ4n) is 3.76. The average Bonchev–Trinajstić information content (AvgIpc) is 3.11. The second-order valence-corrected chi connectivity index (χ2v) is 7.12. The van der Waals surface area contributed by atoms with E-state index in [1.165, 1.54) is 0 Å². The molecule has 2 fully saturated rings. The number of nitrogens with one attached hydrogen (secondary N) is 1. The first-order chi connectivity index (χ1) is 11.0. The molecule has 0 radical (unpaired) electrons. The number of thioether (sulfide) groups is 1. The van der Waals surface area contributed by atoms with Crippen LogP contribution in [0.3, 0.4) is 0 Å². The number of carbonyl (C=O) groups excluding carboxylic acids is 1.